The number of rotatable bonds is 3. The summed E-state index contributed by atoms with van der Waals surface area (Å²) in [6, 6.07) is 1.84. The van der Waals surface area contributed by atoms with Crippen LogP contribution in [0.1, 0.15) is 16.1 Å². The second kappa shape index (κ2) is 7.24. The maximum atomic E-state index is 12.5. The first-order chi connectivity index (χ1) is 12.3. The van der Waals surface area contributed by atoms with Crippen LogP contribution in [-0.2, 0) is 6.18 Å². The smallest absolute Gasteiger partial charge is 0.338 e. The number of nitrogens with one attached hydrogen (secondary N) is 1. The summed E-state index contributed by atoms with van der Waals surface area (Å²) in [5.41, 5.74) is -0.678. The van der Waals surface area contributed by atoms with Crippen LogP contribution in [0.5, 0.6) is 0 Å². The van der Waals surface area contributed by atoms with Crippen LogP contribution >= 0.6 is 0 Å². The summed E-state index contributed by atoms with van der Waals surface area (Å²) in [6.07, 6.45) is -0.717. The van der Waals surface area contributed by atoms with Gasteiger partial charge in [0.1, 0.15) is 5.69 Å². The Balaban J connectivity index is 1.62. The number of piperazine rings is 1. The summed E-state index contributed by atoms with van der Waals surface area (Å²) >= 11 is 0. The molecule has 1 amide bonds. The minimum atomic E-state index is -4.54. The standard InChI is InChI=1S/C16H17F3N6O/c1-24-4-6-25(7-5-24)15-21-9-12(10-22-15)23-14(26)11-2-3-13(20-8-11)16(17,18)19/h2-3,8-10H,4-7H2,1H3,(H,23,26). The van der Waals surface area contributed by atoms with Gasteiger partial charge in [-0.2, -0.15) is 13.2 Å². The molecule has 0 aromatic carbocycles. The maximum Gasteiger partial charge on any atom is 0.433 e. The number of hydrogen-bond donors (Lipinski definition) is 1. The number of likely N-dealkylation sites (N-methyl/N-ethyl adjacent to an activating group) is 1. The van der Waals surface area contributed by atoms with E-state index in [0.717, 1.165) is 44.5 Å². The number of anilines is 2. The monoisotopic (exact) mass is 366 g/mol. The second-order valence-corrected chi connectivity index (χ2v) is 5.95. The number of nitrogens with zero attached hydrogens (tertiary/aromatic N) is 5. The van der Waals surface area contributed by atoms with Crippen molar-refractivity contribution >= 4 is 17.5 Å². The quantitative estimate of drug-likeness (QED) is 0.894. The molecule has 1 fully saturated rings. The summed E-state index contributed by atoms with van der Waals surface area (Å²) in [7, 11) is 2.05. The lowest BCUT2D eigenvalue weighted by molar-refractivity contribution is -0.141. The minimum absolute atomic E-state index is 0.0149. The molecule has 1 aliphatic heterocycles. The molecule has 2 aromatic rings. The van der Waals surface area contributed by atoms with Crippen molar-refractivity contribution in [1.29, 1.82) is 0 Å². The Labute approximate surface area is 147 Å². The molecule has 1 saturated heterocycles. The van der Waals surface area contributed by atoms with Crippen molar-refractivity contribution < 1.29 is 18.0 Å². The summed E-state index contributed by atoms with van der Waals surface area (Å²) in [5, 5.41) is 2.54. The van der Waals surface area contributed by atoms with Gasteiger partial charge in [-0.25, -0.2) is 9.97 Å². The van der Waals surface area contributed by atoms with Gasteiger partial charge >= 0.3 is 6.18 Å². The van der Waals surface area contributed by atoms with Gasteiger partial charge in [0.2, 0.25) is 5.95 Å². The van der Waals surface area contributed by atoms with E-state index in [9.17, 15) is 18.0 Å². The molecule has 26 heavy (non-hydrogen) atoms. The molecule has 0 radical (unpaired) electrons. The number of aromatic nitrogens is 3. The molecule has 0 spiro atoms. The average molecular weight is 366 g/mol. The van der Waals surface area contributed by atoms with Crippen LogP contribution in [-0.4, -0.2) is 59.0 Å². The molecular weight excluding hydrogens is 349 g/mol. The van der Waals surface area contributed by atoms with Gasteiger partial charge in [-0.15, -0.1) is 0 Å². The summed E-state index contributed by atoms with van der Waals surface area (Å²) in [4.78, 5) is 28.1. The third-order valence-corrected chi connectivity index (χ3v) is 4.00. The lowest BCUT2D eigenvalue weighted by Crippen LogP contribution is -2.45. The lowest BCUT2D eigenvalue weighted by Gasteiger charge is -2.32. The molecule has 3 rings (SSSR count). The number of pyridine rings is 1. The third-order valence-electron chi connectivity index (χ3n) is 4.00. The van der Waals surface area contributed by atoms with E-state index in [1.807, 2.05) is 11.9 Å². The number of alkyl halides is 3. The SMILES string of the molecule is CN1CCN(c2ncc(NC(=O)c3ccc(C(F)(F)F)nc3)cn2)CC1. The highest BCUT2D eigenvalue weighted by molar-refractivity contribution is 6.03. The van der Waals surface area contributed by atoms with Crippen LogP contribution < -0.4 is 10.2 Å². The van der Waals surface area contributed by atoms with Crippen LogP contribution in [0.15, 0.2) is 30.7 Å². The van der Waals surface area contributed by atoms with E-state index >= 15 is 0 Å². The zero-order valence-electron chi connectivity index (χ0n) is 14.0. The zero-order chi connectivity index (χ0) is 18.7. The molecule has 1 aliphatic rings. The molecule has 0 saturated carbocycles. The normalized spacial score (nSPS) is 15.8. The van der Waals surface area contributed by atoms with Crippen LogP contribution in [0.4, 0.5) is 24.8 Å². The molecule has 10 heteroatoms. The number of halogens is 3. The summed E-state index contributed by atoms with van der Waals surface area (Å²) in [6.45, 7) is 3.48. The Morgan fingerprint density at radius 3 is 2.23 bits per heavy atom. The fourth-order valence-electron chi connectivity index (χ4n) is 2.45. The minimum Gasteiger partial charge on any atom is -0.338 e. The predicted molar refractivity (Wildman–Crippen MR) is 88.9 cm³/mol. The molecule has 0 unspecified atom stereocenters. The Bertz CT molecular complexity index is 755. The van der Waals surface area contributed by atoms with Crippen molar-refractivity contribution in [2.24, 2.45) is 0 Å². The lowest BCUT2D eigenvalue weighted by atomic mass is 10.2. The van der Waals surface area contributed by atoms with Gasteiger partial charge in [-0.05, 0) is 19.2 Å². The van der Waals surface area contributed by atoms with E-state index < -0.39 is 17.8 Å². The summed E-state index contributed by atoms with van der Waals surface area (Å²) in [5.74, 6) is -0.00512. The highest BCUT2D eigenvalue weighted by Gasteiger charge is 2.32. The molecule has 2 aromatic heterocycles. The van der Waals surface area contributed by atoms with Gasteiger partial charge in [-0.3, -0.25) is 9.78 Å². The number of amides is 1. The van der Waals surface area contributed by atoms with Crippen molar-refractivity contribution in [2.45, 2.75) is 6.18 Å². The molecule has 0 bridgehead atoms. The first kappa shape index (κ1) is 18.1. The topological polar surface area (TPSA) is 74.2 Å². The first-order valence-electron chi connectivity index (χ1n) is 7.93. The van der Waals surface area contributed by atoms with E-state index in [1.54, 1.807) is 0 Å². The number of carbonyl (C=O) groups is 1. The van der Waals surface area contributed by atoms with Gasteiger partial charge in [0, 0.05) is 32.4 Å². The zero-order valence-corrected chi connectivity index (χ0v) is 14.0. The van der Waals surface area contributed by atoms with Crippen molar-refractivity contribution in [3.63, 3.8) is 0 Å². The number of carbonyl (C=O) groups excluding carboxylic acids is 1. The highest BCUT2D eigenvalue weighted by atomic mass is 19.4. The average Bonchev–Trinajstić information content (AvgIpc) is 2.62. The Morgan fingerprint density at radius 1 is 1.04 bits per heavy atom. The third kappa shape index (κ3) is 4.26. The first-order valence-corrected chi connectivity index (χ1v) is 7.93. The van der Waals surface area contributed by atoms with Crippen LogP contribution in [0.25, 0.3) is 0 Å². The molecule has 0 atom stereocenters. The molecule has 0 aliphatic carbocycles. The van der Waals surface area contributed by atoms with E-state index in [0.29, 0.717) is 11.6 Å². The van der Waals surface area contributed by atoms with Gasteiger partial charge < -0.3 is 15.1 Å². The van der Waals surface area contributed by atoms with Crippen LogP contribution in [0.2, 0.25) is 0 Å². The molecule has 7 nitrogen and oxygen atoms in total. The Morgan fingerprint density at radius 2 is 1.69 bits per heavy atom. The fourth-order valence-corrected chi connectivity index (χ4v) is 2.45. The molecule has 3 heterocycles. The predicted octanol–water partition coefficient (Wildman–Crippen LogP) is 1.89. The van der Waals surface area contributed by atoms with Crippen molar-refractivity contribution in [2.75, 3.05) is 43.4 Å². The van der Waals surface area contributed by atoms with Crippen LogP contribution in [0.3, 0.4) is 0 Å². The fraction of sp³-hybridized carbons (Fsp3) is 0.375. The van der Waals surface area contributed by atoms with E-state index in [-0.39, 0.29) is 5.56 Å². The van der Waals surface area contributed by atoms with Gasteiger partial charge in [0.05, 0.1) is 23.6 Å². The van der Waals surface area contributed by atoms with E-state index in [4.69, 9.17) is 0 Å². The largest absolute Gasteiger partial charge is 0.433 e. The van der Waals surface area contributed by atoms with Gasteiger partial charge in [0.25, 0.3) is 5.91 Å². The highest BCUT2D eigenvalue weighted by Crippen LogP contribution is 2.27. The second-order valence-electron chi connectivity index (χ2n) is 5.95. The summed E-state index contributed by atoms with van der Waals surface area (Å²) < 4.78 is 37.5. The Hall–Kier alpha value is -2.75. The molecule has 1 N–H and O–H groups in total. The Kier molecular flexibility index (Phi) is 5.03. The van der Waals surface area contributed by atoms with E-state index in [2.05, 4.69) is 25.2 Å². The van der Waals surface area contributed by atoms with Crippen molar-refractivity contribution in [3.8, 4) is 0 Å². The number of hydrogen-bond acceptors (Lipinski definition) is 6. The van der Waals surface area contributed by atoms with Crippen molar-refractivity contribution in [1.82, 2.24) is 19.9 Å². The van der Waals surface area contributed by atoms with Crippen LogP contribution in [0, 0.1) is 0 Å². The molecular formula is C16H17F3N6O. The van der Waals surface area contributed by atoms with Gasteiger partial charge in [0.15, 0.2) is 0 Å². The van der Waals surface area contributed by atoms with Crippen molar-refractivity contribution in [3.05, 3.63) is 42.0 Å². The van der Waals surface area contributed by atoms with Gasteiger partial charge in [-0.1, -0.05) is 0 Å². The maximum absolute atomic E-state index is 12.5. The molecule has 138 valence electrons. The van der Waals surface area contributed by atoms with E-state index in [1.165, 1.54) is 12.4 Å².